The van der Waals surface area contributed by atoms with Crippen molar-refractivity contribution in [3.8, 4) is 5.75 Å². The number of hydrogen-bond donors (Lipinski definition) is 1. The topological polar surface area (TPSA) is 24.5 Å². The summed E-state index contributed by atoms with van der Waals surface area (Å²) < 4.78 is 18.6. The van der Waals surface area contributed by atoms with Crippen molar-refractivity contribution in [2.24, 2.45) is 0 Å². The highest BCUT2D eigenvalue weighted by molar-refractivity contribution is 5.28. The van der Waals surface area contributed by atoms with Crippen LogP contribution in [0.15, 0.2) is 18.2 Å². The third kappa shape index (κ3) is 4.71. The summed E-state index contributed by atoms with van der Waals surface area (Å²) in [7, 11) is 5.57. The second kappa shape index (κ2) is 6.57. The zero-order chi connectivity index (χ0) is 12.8. The molecule has 96 valence electrons. The van der Waals surface area contributed by atoms with Gasteiger partial charge in [0.15, 0.2) is 0 Å². The van der Waals surface area contributed by atoms with E-state index in [0.29, 0.717) is 23.9 Å². The van der Waals surface area contributed by atoms with Gasteiger partial charge in [0.25, 0.3) is 0 Å². The highest BCUT2D eigenvalue weighted by Gasteiger charge is 2.06. The number of methoxy groups -OCH3 is 1. The molecule has 0 heterocycles. The van der Waals surface area contributed by atoms with Crippen molar-refractivity contribution in [1.82, 2.24) is 10.2 Å². The van der Waals surface area contributed by atoms with E-state index >= 15 is 0 Å². The van der Waals surface area contributed by atoms with Crippen molar-refractivity contribution in [3.05, 3.63) is 29.6 Å². The first-order valence-corrected chi connectivity index (χ1v) is 5.73. The third-order valence-electron chi connectivity index (χ3n) is 2.54. The molecule has 0 radical (unpaired) electrons. The zero-order valence-corrected chi connectivity index (χ0v) is 11.0. The molecule has 0 saturated carbocycles. The Morgan fingerprint density at radius 3 is 2.65 bits per heavy atom. The van der Waals surface area contributed by atoms with Crippen molar-refractivity contribution in [2.75, 3.05) is 27.7 Å². The van der Waals surface area contributed by atoms with Crippen LogP contribution in [-0.4, -0.2) is 38.7 Å². The Bertz CT molecular complexity index is 355. The van der Waals surface area contributed by atoms with Crippen LogP contribution in [0.1, 0.15) is 12.5 Å². The third-order valence-corrected chi connectivity index (χ3v) is 2.54. The average Bonchev–Trinajstić information content (AvgIpc) is 2.26. The standard InChI is InChI=1S/C13H21FN2O/c1-10(9-16(2)3)15-8-11-5-6-12(17-4)7-13(11)14/h5-7,10,15H,8-9H2,1-4H3. The fourth-order valence-corrected chi connectivity index (χ4v) is 1.69. The van der Waals surface area contributed by atoms with Crippen molar-refractivity contribution < 1.29 is 9.13 Å². The fourth-order valence-electron chi connectivity index (χ4n) is 1.69. The van der Waals surface area contributed by atoms with Crippen LogP contribution in [0.4, 0.5) is 4.39 Å². The van der Waals surface area contributed by atoms with Gasteiger partial charge in [-0.3, -0.25) is 0 Å². The molecule has 0 aliphatic carbocycles. The first-order chi connectivity index (χ1) is 8.02. The molecule has 4 heteroatoms. The maximum Gasteiger partial charge on any atom is 0.131 e. The number of nitrogens with one attached hydrogen (secondary N) is 1. The van der Waals surface area contributed by atoms with Crippen LogP contribution in [0.3, 0.4) is 0 Å². The van der Waals surface area contributed by atoms with Gasteiger partial charge < -0.3 is 15.0 Å². The molecular formula is C13H21FN2O. The van der Waals surface area contributed by atoms with E-state index < -0.39 is 0 Å². The lowest BCUT2D eigenvalue weighted by molar-refractivity contribution is 0.348. The van der Waals surface area contributed by atoms with Crippen LogP contribution in [0.5, 0.6) is 5.75 Å². The molecule has 0 aliphatic rings. The molecule has 0 amide bonds. The lowest BCUT2D eigenvalue weighted by Gasteiger charge is -2.18. The molecule has 1 N–H and O–H groups in total. The van der Waals surface area contributed by atoms with Crippen LogP contribution in [-0.2, 0) is 6.54 Å². The van der Waals surface area contributed by atoms with Gasteiger partial charge in [-0.25, -0.2) is 4.39 Å². The van der Waals surface area contributed by atoms with E-state index in [2.05, 4.69) is 17.1 Å². The molecule has 0 bridgehead atoms. The molecule has 0 saturated heterocycles. The smallest absolute Gasteiger partial charge is 0.131 e. The summed E-state index contributed by atoms with van der Waals surface area (Å²) in [5.74, 6) is 0.321. The maximum atomic E-state index is 13.6. The normalized spacial score (nSPS) is 12.8. The van der Waals surface area contributed by atoms with Crippen LogP contribution in [0, 0.1) is 5.82 Å². The molecule has 3 nitrogen and oxygen atoms in total. The van der Waals surface area contributed by atoms with Crippen LogP contribution < -0.4 is 10.1 Å². The van der Waals surface area contributed by atoms with Gasteiger partial charge in [-0.1, -0.05) is 6.07 Å². The summed E-state index contributed by atoms with van der Waals surface area (Å²) in [6.07, 6.45) is 0. The minimum Gasteiger partial charge on any atom is -0.497 e. The van der Waals surface area contributed by atoms with E-state index in [1.165, 1.54) is 13.2 Å². The predicted octanol–water partition coefficient (Wildman–Crippen LogP) is 1.87. The highest BCUT2D eigenvalue weighted by atomic mass is 19.1. The largest absolute Gasteiger partial charge is 0.497 e. The first-order valence-electron chi connectivity index (χ1n) is 5.73. The Balaban J connectivity index is 2.51. The number of hydrogen-bond acceptors (Lipinski definition) is 3. The summed E-state index contributed by atoms with van der Waals surface area (Å²) in [5, 5.41) is 3.29. The quantitative estimate of drug-likeness (QED) is 0.821. The molecule has 1 rings (SSSR count). The van der Waals surface area contributed by atoms with Gasteiger partial charge in [0.05, 0.1) is 7.11 Å². The van der Waals surface area contributed by atoms with Crippen molar-refractivity contribution in [2.45, 2.75) is 19.5 Å². The van der Waals surface area contributed by atoms with E-state index in [1.807, 2.05) is 14.1 Å². The lowest BCUT2D eigenvalue weighted by Crippen LogP contribution is -2.35. The molecule has 0 spiro atoms. The predicted molar refractivity (Wildman–Crippen MR) is 67.8 cm³/mol. The average molecular weight is 240 g/mol. The van der Waals surface area contributed by atoms with E-state index in [4.69, 9.17) is 4.74 Å². The lowest BCUT2D eigenvalue weighted by atomic mass is 10.2. The molecule has 17 heavy (non-hydrogen) atoms. The Kier molecular flexibility index (Phi) is 5.38. The second-order valence-electron chi connectivity index (χ2n) is 4.50. The number of ether oxygens (including phenoxy) is 1. The van der Waals surface area contributed by atoms with Crippen molar-refractivity contribution >= 4 is 0 Å². The van der Waals surface area contributed by atoms with Gasteiger partial charge in [0, 0.05) is 30.8 Å². The van der Waals surface area contributed by atoms with Gasteiger partial charge in [-0.2, -0.15) is 0 Å². The van der Waals surface area contributed by atoms with Gasteiger partial charge in [0.2, 0.25) is 0 Å². The number of rotatable bonds is 6. The summed E-state index contributed by atoms with van der Waals surface area (Å²) in [6, 6.07) is 5.26. The van der Waals surface area contributed by atoms with Gasteiger partial charge in [0.1, 0.15) is 11.6 Å². The maximum absolute atomic E-state index is 13.6. The molecular weight excluding hydrogens is 219 g/mol. The Labute approximate surface area is 103 Å². The van der Waals surface area contributed by atoms with Gasteiger partial charge >= 0.3 is 0 Å². The number of nitrogens with zero attached hydrogens (tertiary/aromatic N) is 1. The summed E-state index contributed by atoms with van der Waals surface area (Å²) >= 11 is 0. The Morgan fingerprint density at radius 2 is 2.12 bits per heavy atom. The molecule has 0 fully saturated rings. The molecule has 0 aromatic heterocycles. The van der Waals surface area contributed by atoms with E-state index in [0.717, 1.165) is 6.54 Å². The summed E-state index contributed by atoms with van der Waals surface area (Å²) in [6.45, 7) is 3.55. The van der Waals surface area contributed by atoms with E-state index in [1.54, 1.807) is 12.1 Å². The number of likely N-dealkylation sites (N-methyl/N-ethyl adjacent to an activating group) is 1. The van der Waals surface area contributed by atoms with Crippen LogP contribution in [0.2, 0.25) is 0 Å². The zero-order valence-electron chi connectivity index (χ0n) is 11.0. The van der Waals surface area contributed by atoms with E-state index in [-0.39, 0.29) is 5.82 Å². The Hall–Kier alpha value is -1.13. The second-order valence-corrected chi connectivity index (χ2v) is 4.50. The minimum atomic E-state index is -0.228. The summed E-state index contributed by atoms with van der Waals surface area (Å²) in [4.78, 5) is 2.10. The first kappa shape index (κ1) is 13.9. The minimum absolute atomic E-state index is 0.228. The number of halogens is 1. The van der Waals surface area contributed by atoms with E-state index in [9.17, 15) is 4.39 Å². The summed E-state index contributed by atoms with van der Waals surface area (Å²) in [5.41, 5.74) is 0.663. The Morgan fingerprint density at radius 1 is 1.41 bits per heavy atom. The van der Waals surface area contributed by atoms with Gasteiger partial charge in [-0.05, 0) is 27.1 Å². The molecule has 1 atom stereocenters. The molecule has 0 aliphatic heterocycles. The van der Waals surface area contributed by atoms with Crippen molar-refractivity contribution in [3.63, 3.8) is 0 Å². The van der Waals surface area contributed by atoms with Crippen LogP contribution in [0.25, 0.3) is 0 Å². The molecule has 1 aromatic carbocycles. The monoisotopic (exact) mass is 240 g/mol. The van der Waals surface area contributed by atoms with Crippen LogP contribution >= 0.6 is 0 Å². The SMILES string of the molecule is COc1ccc(CNC(C)CN(C)C)c(F)c1. The number of benzene rings is 1. The fraction of sp³-hybridized carbons (Fsp3) is 0.538. The van der Waals surface area contributed by atoms with Crippen molar-refractivity contribution in [1.29, 1.82) is 0 Å². The molecule has 1 aromatic rings. The highest BCUT2D eigenvalue weighted by Crippen LogP contribution is 2.16. The van der Waals surface area contributed by atoms with Gasteiger partial charge in [-0.15, -0.1) is 0 Å². The molecule has 1 unspecified atom stereocenters.